The Morgan fingerprint density at radius 3 is 2.30 bits per heavy atom. The Morgan fingerprint density at radius 2 is 1.87 bits per heavy atom. The van der Waals surface area contributed by atoms with Crippen LogP contribution in [0.25, 0.3) is 0 Å². The molecular formula is C16H25N3O3S. The number of benzene rings is 1. The molecule has 0 aliphatic heterocycles. The Hall–Kier alpha value is -1.89. The molecule has 0 heterocycles. The summed E-state index contributed by atoms with van der Waals surface area (Å²) in [6, 6.07) is 3.31. The maximum absolute atomic E-state index is 12.3. The standard InChI is InChI=1S/C16H25N3O3S/c1-5-7-10(3)12-8-9-13(15(20)19-16(17)18)11(6-2)14(12)23(4,21)22/h8-10H,5-7H2,1-4H3,(H4,17,18,19,20). The Bertz CT molecular complexity index is 720. The number of hydrogen-bond donors (Lipinski definition) is 2. The Morgan fingerprint density at radius 1 is 1.26 bits per heavy atom. The Labute approximate surface area is 137 Å². The number of amides is 1. The first kappa shape index (κ1) is 19.2. The van der Waals surface area contributed by atoms with E-state index in [0.717, 1.165) is 18.4 Å². The highest BCUT2D eigenvalue weighted by Crippen LogP contribution is 2.32. The molecule has 0 saturated heterocycles. The van der Waals surface area contributed by atoms with E-state index in [1.807, 2.05) is 20.8 Å². The molecule has 0 aliphatic rings. The molecule has 1 rings (SSSR count). The SMILES string of the molecule is CCCC(C)c1ccc(C(=O)N=C(N)N)c(CC)c1S(C)(=O)=O. The van der Waals surface area contributed by atoms with E-state index in [2.05, 4.69) is 4.99 Å². The number of guanidine groups is 1. The van der Waals surface area contributed by atoms with Crippen molar-refractivity contribution in [2.45, 2.75) is 50.8 Å². The van der Waals surface area contributed by atoms with Gasteiger partial charge in [0, 0.05) is 11.8 Å². The summed E-state index contributed by atoms with van der Waals surface area (Å²) in [6.07, 6.45) is 3.38. The lowest BCUT2D eigenvalue weighted by atomic mass is 9.92. The maximum Gasteiger partial charge on any atom is 0.280 e. The van der Waals surface area contributed by atoms with Crippen LogP contribution in [0.1, 0.15) is 61.0 Å². The molecule has 0 fully saturated rings. The van der Waals surface area contributed by atoms with Gasteiger partial charge in [-0.1, -0.05) is 33.3 Å². The number of carbonyl (C=O) groups is 1. The van der Waals surface area contributed by atoms with Crippen LogP contribution in [0.4, 0.5) is 0 Å². The van der Waals surface area contributed by atoms with E-state index in [4.69, 9.17) is 11.5 Å². The van der Waals surface area contributed by atoms with Crippen molar-refractivity contribution >= 4 is 21.7 Å². The molecule has 1 aromatic rings. The zero-order valence-corrected chi connectivity index (χ0v) is 14.9. The average molecular weight is 339 g/mol. The van der Waals surface area contributed by atoms with E-state index < -0.39 is 15.7 Å². The van der Waals surface area contributed by atoms with Gasteiger partial charge in [-0.3, -0.25) is 4.79 Å². The topological polar surface area (TPSA) is 116 Å². The third kappa shape index (κ3) is 4.54. The fraction of sp³-hybridized carbons (Fsp3) is 0.500. The van der Waals surface area contributed by atoms with Gasteiger partial charge in [-0.15, -0.1) is 0 Å². The second-order valence-electron chi connectivity index (χ2n) is 5.67. The summed E-state index contributed by atoms with van der Waals surface area (Å²) in [4.78, 5) is 15.9. The van der Waals surface area contributed by atoms with Gasteiger partial charge in [0.2, 0.25) is 0 Å². The van der Waals surface area contributed by atoms with Crippen molar-refractivity contribution in [3.63, 3.8) is 0 Å². The summed E-state index contributed by atoms with van der Waals surface area (Å²) in [5, 5.41) is 0. The zero-order chi connectivity index (χ0) is 17.8. The fourth-order valence-corrected chi connectivity index (χ4v) is 4.19. The summed E-state index contributed by atoms with van der Waals surface area (Å²) in [5.74, 6) is -0.884. The largest absolute Gasteiger partial charge is 0.370 e. The summed E-state index contributed by atoms with van der Waals surface area (Å²) in [6.45, 7) is 5.85. The van der Waals surface area contributed by atoms with Crippen LogP contribution in [0.3, 0.4) is 0 Å². The fourth-order valence-electron chi connectivity index (χ4n) is 2.79. The van der Waals surface area contributed by atoms with Crippen LogP contribution in [0.2, 0.25) is 0 Å². The van der Waals surface area contributed by atoms with Gasteiger partial charge in [0.1, 0.15) is 0 Å². The molecule has 1 unspecified atom stereocenters. The van der Waals surface area contributed by atoms with Crippen LogP contribution in [-0.4, -0.2) is 26.5 Å². The summed E-state index contributed by atoms with van der Waals surface area (Å²) >= 11 is 0. The van der Waals surface area contributed by atoms with E-state index in [-0.39, 0.29) is 22.3 Å². The van der Waals surface area contributed by atoms with E-state index in [1.165, 1.54) is 6.26 Å². The summed E-state index contributed by atoms with van der Waals surface area (Å²) < 4.78 is 24.7. The Kier molecular flexibility index (Phi) is 6.32. The first-order valence-electron chi connectivity index (χ1n) is 7.63. The first-order chi connectivity index (χ1) is 10.6. The second kappa shape index (κ2) is 7.59. The maximum atomic E-state index is 12.3. The van der Waals surface area contributed by atoms with Crippen molar-refractivity contribution in [3.05, 3.63) is 28.8 Å². The van der Waals surface area contributed by atoms with E-state index in [1.54, 1.807) is 12.1 Å². The second-order valence-corrected chi connectivity index (χ2v) is 7.62. The number of rotatable bonds is 6. The predicted molar refractivity (Wildman–Crippen MR) is 92.4 cm³/mol. The molecule has 0 radical (unpaired) electrons. The third-order valence-electron chi connectivity index (χ3n) is 3.73. The molecular weight excluding hydrogens is 314 g/mol. The van der Waals surface area contributed by atoms with Gasteiger partial charge in [-0.25, -0.2) is 8.42 Å². The highest BCUT2D eigenvalue weighted by atomic mass is 32.2. The number of carbonyl (C=O) groups excluding carboxylic acids is 1. The zero-order valence-electron chi connectivity index (χ0n) is 14.1. The quantitative estimate of drug-likeness (QED) is 0.607. The third-order valence-corrected chi connectivity index (χ3v) is 4.95. The van der Waals surface area contributed by atoms with Gasteiger partial charge in [0.25, 0.3) is 5.91 Å². The van der Waals surface area contributed by atoms with Crippen LogP contribution in [0.15, 0.2) is 22.0 Å². The van der Waals surface area contributed by atoms with Gasteiger partial charge in [0.05, 0.1) is 4.90 Å². The lowest BCUT2D eigenvalue weighted by Crippen LogP contribution is -2.24. The van der Waals surface area contributed by atoms with Crippen molar-refractivity contribution in [1.29, 1.82) is 0 Å². The minimum absolute atomic E-state index is 0.0854. The van der Waals surface area contributed by atoms with Crippen LogP contribution < -0.4 is 11.5 Å². The highest BCUT2D eigenvalue weighted by Gasteiger charge is 2.25. The molecule has 0 bridgehead atoms. The molecule has 23 heavy (non-hydrogen) atoms. The van der Waals surface area contributed by atoms with Crippen LogP contribution >= 0.6 is 0 Å². The normalized spacial score (nSPS) is 12.7. The van der Waals surface area contributed by atoms with Crippen molar-refractivity contribution in [3.8, 4) is 0 Å². The average Bonchev–Trinajstić information content (AvgIpc) is 2.44. The monoisotopic (exact) mass is 339 g/mol. The van der Waals surface area contributed by atoms with Crippen LogP contribution in [-0.2, 0) is 16.3 Å². The predicted octanol–water partition coefficient (Wildman–Crippen LogP) is 1.97. The highest BCUT2D eigenvalue weighted by molar-refractivity contribution is 7.90. The number of sulfone groups is 1. The van der Waals surface area contributed by atoms with Crippen LogP contribution in [0, 0.1) is 0 Å². The number of nitrogens with zero attached hydrogens (tertiary/aromatic N) is 1. The minimum atomic E-state index is -3.49. The molecule has 128 valence electrons. The molecule has 0 saturated carbocycles. The molecule has 0 aromatic heterocycles. The molecule has 1 aromatic carbocycles. The van der Waals surface area contributed by atoms with Crippen molar-refractivity contribution < 1.29 is 13.2 Å². The van der Waals surface area contributed by atoms with E-state index >= 15 is 0 Å². The lowest BCUT2D eigenvalue weighted by Gasteiger charge is -2.19. The molecule has 6 nitrogen and oxygen atoms in total. The van der Waals surface area contributed by atoms with E-state index in [0.29, 0.717) is 12.0 Å². The molecule has 1 amide bonds. The van der Waals surface area contributed by atoms with Gasteiger partial charge >= 0.3 is 0 Å². The van der Waals surface area contributed by atoms with Gasteiger partial charge in [-0.2, -0.15) is 4.99 Å². The smallest absolute Gasteiger partial charge is 0.280 e. The summed E-state index contributed by atoms with van der Waals surface area (Å²) in [5.41, 5.74) is 12.0. The number of hydrogen-bond acceptors (Lipinski definition) is 3. The first-order valence-corrected chi connectivity index (χ1v) is 9.52. The van der Waals surface area contributed by atoms with Crippen molar-refractivity contribution in [2.75, 3.05) is 6.26 Å². The van der Waals surface area contributed by atoms with Gasteiger partial charge in [-0.05, 0) is 36.0 Å². The molecule has 0 aliphatic carbocycles. The van der Waals surface area contributed by atoms with Crippen molar-refractivity contribution in [1.82, 2.24) is 0 Å². The lowest BCUT2D eigenvalue weighted by molar-refractivity contribution is 0.100. The molecule has 1 atom stereocenters. The van der Waals surface area contributed by atoms with Gasteiger partial charge < -0.3 is 11.5 Å². The van der Waals surface area contributed by atoms with Gasteiger partial charge in [0.15, 0.2) is 15.8 Å². The number of nitrogens with two attached hydrogens (primary N) is 2. The number of aliphatic imine (C=N–C) groups is 1. The Balaban J connectivity index is 3.69. The molecule has 4 N–H and O–H groups in total. The summed E-state index contributed by atoms with van der Waals surface area (Å²) in [7, 11) is -3.49. The minimum Gasteiger partial charge on any atom is -0.370 e. The molecule has 7 heteroatoms. The van der Waals surface area contributed by atoms with E-state index in [9.17, 15) is 13.2 Å². The van der Waals surface area contributed by atoms with Crippen LogP contribution in [0.5, 0.6) is 0 Å². The molecule has 0 spiro atoms. The van der Waals surface area contributed by atoms with Crippen molar-refractivity contribution in [2.24, 2.45) is 16.5 Å².